The van der Waals surface area contributed by atoms with Gasteiger partial charge in [0.25, 0.3) is 0 Å². The predicted octanol–water partition coefficient (Wildman–Crippen LogP) is 2.28. The van der Waals surface area contributed by atoms with Crippen molar-refractivity contribution in [2.75, 3.05) is 13.1 Å². The number of hydrogen-bond donors (Lipinski definition) is 1. The SMILES string of the molecule is C.OC1CCCN(Cc2ccccc2)C1. The van der Waals surface area contributed by atoms with Crippen molar-refractivity contribution in [3.05, 3.63) is 35.9 Å². The van der Waals surface area contributed by atoms with Crippen molar-refractivity contribution in [3.63, 3.8) is 0 Å². The number of hydrogen-bond acceptors (Lipinski definition) is 2. The maximum Gasteiger partial charge on any atom is 0.0667 e. The van der Waals surface area contributed by atoms with Crippen molar-refractivity contribution >= 4 is 0 Å². The Hall–Kier alpha value is -0.860. The Labute approximate surface area is 92.5 Å². The van der Waals surface area contributed by atoms with Crippen LogP contribution in [0.3, 0.4) is 0 Å². The lowest BCUT2D eigenvalue weighted by Gasteiger charge is -2.29. The summed E-state index contributed by atoms with van der Waals surface area (Å²) in [6.07, 6.45) is 1.96. The fourth-order valence-electron chi connectivity index (χ4n) is 2.02. The molecule has 2 nitrogen and oxygen atoms in total. The molecule has 15 heavy (non-hydrogen) atoms. The molecule has 1 N–H and O–H groups in total. The average molecular weight is 207 g/mol. The van der Waals surface area contributed by atoms with Gasteiger partial charge in [0.1, 0.15) is 0 Å². The van der Waals surface area contributed by atoms with Crippen LogP contribution in [-0.2, 0) is 6.54 Å². The lowest BCUT2D eigenvalue weighted by Crippen LogP contribution is -2.37. The molecule has 1 aliphatic rings. The van der Waals surface area contributed by atoms with Gasteiger partial charge in [-0.25, -0.2) is 0 Å². The number of nitrogens with zero attached hydrogens (tertiary/aromatic N) is 1. The number of piperidine rings is 1. The summed E-state index contributed by atoms with van der Waals surface area (Å²) >= 11 is 0. The van der Waals surface area contributed by atoms with Crippen molar-refractivity contribution < 1.29 is 5.11 Å². The first-order valence-electron chi connectivity index (χ1n) is 5.29. The van der Waals surface area contributed by atoms with Crippen molar-refractivity contribution in [3.8, 4) is 0 Å². The predicted molar refractivity (Wildman–Crippen MR) is 63.7 cm³/mol. The van der Waals surface area contributed by atoms with Crippen LogP contribution in [0, 0.1) is 0 Å². The fraction of sp³-hybridized carbons (Fsp3) is 0.538. The third-order valence-corrected chi connectivity index (χ3v) is 2.73. The van der Waals surface area contributed by atoms with Crippen LogP contribution < -0.4 is 0 Å². The molecule has 0 saturated carbocycles. The van der Waals surface area contributed by atoms with Crippen LogP contribution in [0.4, 0.5) is 0 Å². The van der Waals surface area contributed by atoms with Gasteiger partial charge in [-0.3, -0.25) is 4.90 Å². The van der Waals surface area contributed by atoms with E-state index < -0.39 is 0 Å². The lowest BCUT2D eigenvalue weighted by atomic mass is 10.1. The average Bonchev–Trinajstić information content (AvgIpc) is 2.19. The third-order valence-electron chi connectivity index (χ3n) is 2.73. The summed E-state index contributed by atoms with van der Waals surface area (Å²) in [7, 11) is 0. The topological polar surface area (TPSA) is 23.5 Å². The van der Waals surface area contributed by atoms with Crippen molar-refractivity contribution in [2.24, 2.45) is 0 Å². The van der Waals surface area contributed by atoms with Gasteiger partial charge in [-0.05, 0) is 24.9 Å². The number of aliphatic hydroxyl groups excluding tert-OH is 1. The fourth-order valence-corrected chi connectivity index (χ4v) is 2.02. The first-order chi connectivity index (χ1) is 6.84. The maximum absolute atomic E-state index is 9.52. The summed E-state index contributed by atoms with van der Waals surface area (Å²) < 4.78 is 0. The molecule has 0 bridgehead atoms. The zero-order chi connectivity index (χ0) is 9.80. The highest BCUT2D eigenvalue weighted by Gasteiger charge is 2.17. The molecule has 1 saturated heterocycles. The minimum absolute atomic E-state index is 0. The molecule has 0 aromatic heterocycles. The van der Waals surface area contributed by atoms with Crippen LogP contribution in [0.1, 0.15) is 25.8 Å². The van der Waals surface area contributed by atoms with Crippen LogP contribution >= 0.6 is 0 Å². The lowest BCUT2D eigenvalue weighted by molar-refractivity contribution is 0.0668. The van der Waals surface area contributed by atoms with E-state index in [1.807, 2.05) is 6.07 Å². The molecule has 2 rings (SSSR count). The van der Waals surface area contributed by atoms with E-state index in [2.05, 4.69) is 29.2 Å². The number of rotatable bonds is 2. The highest BCUT2D eigenvalue weighted by atomic mass is 16.3. The van der Waals surface area contributed by atoms with Gasteiger partial charge in [-0.2, -0.15) is 0 Å². The highest BCUT2D eigenvalue weighted by Crippen LogP contribution is 2.13. The van der Waals surface area contributed by atoms with Gasteiger partial charge >= 0.3 is 0 Å². The van der Waals surface area contributed by atoms with Gasteiger partial charge in [0.05, 0.1) is 6.10 Å². The quantitative estimate of drug-likeness (QED) is 0.804. The van der Waals surface area contributed by atoms with Crippen molar-refractivity contribution in [2.45, 2.75) is 32.9 Å². The van der Waals surface area contributed by atoms with E-state index >= 15 is 0 Å². The molecule has 1 fully saturated rings. The monoisotopic (exact) mass is 207 g/mol. The highest BCUT2D eigenvalue weighted by molar-refractivity contribution is 5.14. The summed E-state index contributed by atoms with van der Waals surface area (Å²) in [4.78, 5) is 2.32. The molecule has 1 aliphatic heterocycles. The molecule has 0 amide bonds. The Bertz CT molecular complexity index is 273. The van der Waals surface area contributed by atoms with E-state index in [0.29, 0.717) is 0 Å². The number of likely N-dealkylation sites (tertiary alicyclic amines) is 1. The van der Waals surface area contributed by atoms with Gasteiger partial charge in [-0.15, -0.1) is 0 Å². The number of β-amino-alcohol motifs (C(OH)–C–C–N with tert-alkyl or cyclic N) is 1. The van der Waals surface area contributed by atoms with Gasteiger partial charge < -0.3 is 5.11 Å². The van der Waals surface area contributed by atoms with Gasteiger partial charge in [0.2, 0.25) is 0 Å². The maximum atomic E-state index is 9.52. The molecule has 1 aromatic carbocycles. The molecule has 84 valence electrons. The van der Waals surface area contributed by atoms with Crippen molar-refractivity contribution in [1.82, 2.24) is 4.90 Å². The Kier molecular flexibility index (Phi) is 4.79. The van der Waals surface area contributed by atoms with E-state index in [1.54, 1.807) is 0 Å². The van der Waals surface area contributed by atoms with Crippen LogP contribution in [0.15, 0.2) is 30.3 Å². The summed E-state index contributed by atoms with van der Waals surface area (Å²) in [5.74, 6) is 0. The zero-order valence-electron chi connectivity index (χ0n) is 8.39. The van der Waals surface area contributed by atoms with Gasteiger partial charge in [-0.1, -0.05) is 37.8 Å². The van der Waals surface area contributed by atoms with Crippen LogP contribution in [0.2, 0.25) is 0 Å². The molecule has 1 aromatic rings. The molecule has 0 aliphatic carbocycles. The first kappa shape index (κ1) is 12.2. The molecule has 1 heterocycles. The Morgan fingerprint density at radius 1 is 1.27 bits per heavy atom. The van der Waals surface area contributed by atoms with Crippen molar-refractivity contribution in [1.29, 1.82) is 0 Å². The molecule has 1 atom stereocenters. The summed E-state index contributed by atoms with van der Waals surface area (Å²) in [5.41, 5.74) is 1.33. The normalized spacial score (nSPS) is 22.1. The van der Waals surface area contributed by atoms with E-state index in [-0.39, 0.29) is 13.5 Å². The molecule has 1 unspecified atom stereocenters. The van der Waals surface area contributed by atoms with E-state index in [9.17, 15) is 5.11 Å². The van der Waals surface area contributed by atoms with Crippen LogP contribution in [0.25, 0.3) is 0 Å². The summed E-state index contributed by atoms with van der Waals surface area (Å²) in [5, 5.41) is 9.52. The number of aliphatic hydroxyl groups is 1. The Morgan fingerprint density at radius 3 is 2.67 bits per heavy atom. The minimum atomic E-state index is -0.118. The van der Waals surface area contributed by atoms with E-state index in [1.165, 1.54) is 5.56 Å². The van der Waals surface area contributed by atoms with E-state index in [0.717, 1.165) is 32.5 Å². The first-order valence-corrected chi connectivity index (χ1v) is 5.29. The largest absolute Gasteiger partial charge is 0.392 e. The third kappa shape index (κ3) is 3.65. The second kappa shape index (κ2) is 5.89. The minimum Gasteiger partial charge on any atom is -0.392 e. The van der Waals surface area contributed by atoms with Crippen LogP contribution in [0.5, 0.6) is 0 Å². The summed E-state index contributed by atoms with van der Waals surface area (Å²) in [6, 6.07) is 10.4. The van der Waals surface area contributed by atoms with Gasteiger partial charge in [0, 0.05) is 13.1 Å². The molecule has 2 heteroatoms. The zero-order valence-corrected chi connectivity index (χ0v) is 8.39. The summed E-state index contributed by atoms with van der Waals surface area (Å²) in [6.45, 7) is 2.92. The standard InChI is InChI=1S/C12H17NO.CH4/c14-12-7-4-8-13(10-12)9-11-5-2-1-3-6-11;/h1-3,5-6,12,14H,4,7-10H2;1H4. The second-order valence-corrected chi connectivity index (χ2v) is 4.02. The second-order valence-electron chi connectivity index (χ2n) is 4.02. The molecule has 0 spiro atoms. The molecular formula is C13H21NO. The number of benzene rings is 1. The smallest absolute Gasteiger partial charge is 0.0667 e. The van der Waals surface area contributed by atoms with Crippen LogP contribution in [-0.4, -0.2) is 29.2 Å². The van der Waals surface area contributed by atoms with Gasteiger partial charge in [0.15, 0.2) is 0 Å². The Morgan fingerprint density at radius 2 is 2.00 bits per heavy atom. The Balaban J connectivity index is 0.00000112. The molecular weight excluding hydrogens is 186 g/mol. The van der Waals surface area contributed by atoms with E-state index in [4.69, 9.17) is 0 Å². The molecule has 0 radical (unpaired) electrons.